The summed E-state index contributed by atoms with van der Waals surface area (Å²) in [5.41, 5.74) is 2.38. The number of ether oxygens (including phenoxy) is 1. The fourth-order valence-electron chi connectivity index (χ4n) is 2.69. The van der Waals surface area contributed by atoms with Crippen molar-refractivity contribution < 1.29 is 13.9 Å². The summed E-state index contributed by atoms with van der Waals surface area (Å²) in [6, 6.07) is 14.2. The lowest BCUT2D eigenvalue weighted by atomic mass is 10.2. The van der Waals surface area contributed by atoms with Crippen molar-refractivity contribution in [3.05, 3.63) is 93.7 Å². The Morgan fingerprint density at radius 2 is 1.85 bits per heavy atom. The summed E-state index contributed by atoms with van der Waals surface area (Å²) in [7, 11) is 1.53. The first-order valence-corrected chi connectivity index (χ1v) is 8.37. The molecule has 1 amide bonds. The van der Waals surface area contributed by atoms with Crippen LogP contribution in [0.2, 0.25) is 0 Å². The zero-order valence-corrected chi connectivity index (χ0v) is 15.0. The smallest absolute Gasteiger partial charge is 0.257 e. The Bertz CT molecular complexity index is 1030. The normalized spacial score (nSPS) is 10.5. The average molecular weight is 366 g/mol. The molecular formula is C21H19FN2O3. The van der Waals surface area contributed by atoms with Gasteiger partial charge < -0.3 is 14.6 Å². The highest BCUT2D eigenvalue weighted by atomic mass is 19.1. The molecule has 2 aromatic carbocycles. The summed E-state index contributed by atoms with van der Waals surface area (Å²) in [5, 5.41) is 2.81. The molecule has 0 aliphatic carbocycles. The van der Waals surface area contributed by atoms with E-state index in [-0.39, 0.29) is 23.8 Å². The highest BCUT2D eigenvalue weighted by Crippen LogP contribution is 2.25. The standard InChI is InChI=1S/C21H19FN2O3/c1-14-3-9-19(27-2)18(11-14)23-21(26)16-6-10-20(25)24(13-16)12-15-4-7-17(22)8-5-15/h3-11,13H,12H2,1-2H3,(H,23,26). The van der Waals surface area contributed by atoms with Gasteiger partial charge in [-0.25, -0.2) is 4.39 Å². The van der Waals surface area contributed by atoms with E-state index in [1.807, 2.05) is 19.1 Å². The second-order valence-corrected chi connectivity index (χ2v) is 6.17. The van der Waals surface area contributed by atoms with Gasteiger partial charge in [-0.1, -0.05) is 18.2 Å². The quantitative estimate of drug-likeness (QED) is 0.750. The van der Waals surface area contributed by atoms with E-state index in [1.165, 1.54) is 42.1 Å². The van der Waals surface area contributed by atoms with E-state index in [4.69, 9.17) is 4.74 Å². The third-order valence-corrected chi connectivity index (χ3v) is 4.12. The number of nitrogens with one attached hydrogen (secondary N) is 1. The van der Waals surface area contributed by atoms with Crippen LogP contribution in [0.25, 0.3) is 0 Å². The minimum Gasteiger partial charge on any atom is -0.495 e. The maximum Gasteiger partial charge on any atom is 0.257 e. The van der Waals surface area contributed by atoms with Crippen molar-refractivity contribution in [2.45, 2.75) is 13.5 Å². The van der Waals surface area contributed by atoms with Crippen LogP contribution in [0.5, 0.6) is 5.75 Å². The number of pyridine rings is 1. The molecule has 0 radical (unpaired) electrons. The number of amides is 1. The molecule has 0 saturated carbocycles. The molecule has 0 atom stereocenters. The molecule has 138 valence electrons. The Labute approximate surface area is 156 Å². The molecular weight excluding hydrogens is 347 g/mol. The number of anilines is 1. The van der Waals surface area contributed by atoms with Gasteiger partial charge in [0.15, 0.2) is 0 Å². The minimum absolute atomic E-state index is 0.244. The van der Waals surface area contributed by atoms with Crippen LogP contribution in [0.1, 0.15) is 21.5 Å². The van der Waals surface area contributed by atoms with Gasteiger partial charge in [-0.2, -0.15) is 0 Å². The Kier molecular flexibility index (Phi) is 5.35. The zero-order valence-electron chi connectivity index (χ0n) is 15.0. The molecule has 0 spiro atoms. The number of aryl methyl sites for hydroxylation is 1. The highest BCUT2D eigenvalue weighted by Gasteiger charge is 2.12. The molecule has 0 fully saturated rings. The average Bonchev–Trinajstić information content (AvgIpc) is 2.65. The molecule has 27 heavy (non-hydrogen) atoms. The number of carbonyl (C=O) groups excluding carboxylic acids is 1. The lowest BCUT2D eigenvalue weighted by Gasteiger charge is -2.12. The Morgan fingerprint density at radius 3 is 2.56 bits per heavy atom. The third-order valence-electron chi connectivity index (χ3n) is 4.12. The zero-order chi connectivity index (χ0) is 19.4. The van der Waals surface area contributed by atoms with Gasteiger partial charge in [0, 0.05) is 12.3 Å². The largest absolute Gasteiger partial charge is 0.495 e. The number of aromatic nitrogens is 1. The maximum absolute atomic E-state index is 13.0. The van der Waals surface area contributed by atoms with E-state index in [9.17, 15) is 14.0 Å². The second kappa shape index (κ2) is 7.86. The summed E-state index contributed by atoms with van der Waals surface area (Å²) in [6.07, 6.45) is 1.49. The molecule has 0 aliphatic heterocycles. The first-order chi connectivity index (χ1) is 13.0. The van der Waals surface area contributed by atoms with E-state index in [1.54, 1.807) is 18.2 Å². The van der Waals surface area contributed by atoms with Crippen LogP contribution < -0.4 is 15.6 Å². The highest BCUT2D eigenvalue weighted by molar-refractivity contribution is 6.04. The number of nitrogens with zero attached hydrogens (tertiary/aromatic N) is 1. The van der Waals surface area contributed by atoms with Gasteiger partial charge in [0.1, 0.15) is 11.6 Å². The van der Waals surface area contributed by atoms with Gasteiger partial charge in [-0.3, -0.25) is 9.59 Å². The molecule has 3 aromatic rings. The number of carbonyl (C=O) groups is 1. The molecule has 1 N–H and O–H groups in total. The summed E-state index contributed by atoms with van der Waals surface area (Å²) in [4.78, 5) is 24.7. The van der Waals surface area contributed by atoms with Crippen molar-refractivity contribution in [3.8, 4) is 5.75 Å². The van der Waals surface area contributed by atoms with E-state index in [2.05, 4.69) is 5.32 Å². The van der Waals surface area contributed by atoms with Crippen molar-refractivity contribution in [2.75, 3.05) is 12.4 Å². The van der Waals surface area contributed by atoms with Gasteiger partial charge in [0.25, 0.3) is 11.5 Å². The van der Waals surface area contributed by atoms with E-state index in [0.717, 1.165) is 11.1 Å². The van der Waals surface area contributed by atoms with Gasteiger partial charge in [0.05, 0.1) is 24.9 Å². The van der Waals surface area contributed by atoms with Crippen molar-refractivity contribution in [1.82, 2.24) is 4.57 Å². The van der Waals surface area contributed by atoms with E-state index < -0.39 is 0 Å². The van der Waals surface area contributed by atoms with Crippen molar-refractivity contribution in [2.24, 2.45) is 0 Å². The maximum atomic E-state index is 13.0. The lowest BCUT2D eigenvalue weighted by Crippen LogP contribution is -2.22. The molecule has 0 bridgehead atoms. The number of hydrogen-bond acceptors (Lipinski definition) is 3. The number of hydrogen-bond donors (Lipinski definition) is 1. The molecule has 0 saturated heterocycles. The number of methoxy groups -OCH3 is 1. The van der Waals surface area contributed by atoms with E-state index in [0.29, 0.717) is 17.0 Å². The molecule has 1 aromatic heterocycles. The molecule has 5 nitrogen and oxygen atoms in total. The van der Waals surface area contributed by atoms with Crippen LogP contribution >= 0.6 is 0 Å². The number of rotatable bonds is 5. The van der Waals surface area contributed by atoms with Crippen molar-refractivity contribution in [3.63, 3.8) is 0 Å². The summed E-state index contributed by atoms with van der Waals surface area (Å²) >= 11 is 0. The van der Waals surface area contributed by atoms with Crippen LogP contribution in [-0.4, -0.2) is 17.6 Å². The third kappa shape index (κ3) is 4.41. The molecule has 1 heterocycles. The molecule has 0 unspecified atom stereocenters. The monoisotopic (exact) mass is 366 g/mol. The number of halogens is 1. The van der Waals surface area contributed by atoms with Crippen molar-refractivity contribution in [1.29, 1.82) is 0 Å². The molecule has 3 rings (SSSR count). The van der Waals surface area contributed by atoms with Crippen LogP contribution in [0.4, 0.5) is 10.1 Å². The van der Waals surface area contributed by atoms with Crippen LogP contribution in [-0.2, 0) is 6.54 Å². The van der Waals surface area contributed by atoms with Gasteiger partial charge >= 0.3 is 0 Å². The van der Waals surface area contributed by atoms with Crippen LogP contribution in [0.15, 0.2) is 65.6 Å². The van der Waals surface area contributed by atoms with Gasteiger partial charge in [-0.15, -0.1) is 0 Å². The summed E-state index contributed by atoms with van der Waals surface area (Å²) < 4.78 is 19.7. The SMILES string of the molecule is COc1ccc(C)cc1NC(=O)c1ccc(=O)n(Cc2ccc(F)cc2)c1. The predicted molar refractivity (Wildman–Crippen MR) is 102 cm³/mol. The Morgan fingerprint density at radius 1 is 1.11 bits per heavy atom. The number of benzene rings is 2. The first-order valence-electron chi connectivity index (χ1n) is 8.37. The van der Waals surface area contributed by atoms with Crippen LogP contribution in [0.3, 0.4) is 0 Å². The fraction of sp³-hybridized carbons (Fsp3) is 0.143. The summed E-state index contributed by atoms with van der Waals surface area (Å²) in [5.74, 6) is -0.147. The van der Waals surface area contributed by atoms with Gasteiger partial charge in [0.2, 0.25) is 0 Å². The van der Waals surface area contributed by atoms with Crippen molar-refractivity contribution >= 4 is 11.6 Å². The summed E-state index contributed by atoms with van der Waals surface area (Å²) in [6.45, 7) is 2.16. The minimum atomic E-state index is -0.355. The first kappa shape index (κ1) is 18.4. The van der Waals surface area contributed by atoms with E-state index >= 15 is 0 Å². The fourth-order valence-corrected chi connectivity index (χ4v) is 2.69. The lowest BCUT2D eigenvalue weighted by molar-refractivity contribution is 0.102. The van der Waals surface area contributed by atoms with Crippen LogP contribution in [0, 0.1) is 12.7 Å². The molecule has 0 aliphatic rings. The second-order valence-electron chi connectivity index (χ2n) is 6.17. The molecule has 6 heteroatoms. The Balaban J connectivity index is 1.85. The Hall–Kier alpha value is -3.41. The van der Waals surface area contributed by atoms with Gasteiger partial charge in [-0.05, 0) is 48.4 Å². The predicted octanol–water partition coefficient (Wildman–Crippen LogP) is 3.61. The topological polar surface area (TPSA) is 60.3 Å².